The quantitative estimate of drug-likeness (QED) is 0.796. The summed E-state index contributed by atoms with van der Waals surface area (Å²) >= 11 is 5.85. The molecule has 6 nitrogen and oxygen atoms in total. The molecule has 3 rings (SSSR count). The second kappa shape index (κ2) is 7.57. The standard InChI is InChI=1S/C17H22ClN5O/c1-12-10-16(22-21-12)23-8-6-15(7-9-23)20-17(24)19-11-13-2-4-14(18)5-3-13/h2-5,10,15H,6-9,11H2,1H3,(H,21,22)(H2,19,20,24). The molecule has 0 saturated carbocycles. The Morgan fingerprint density at radius 3 is 2.67 bits per heavy atom. The summed E-state index contributed by atoms with van der Waals surface area (Å²) < 4.78 is 0. The van der Waals surface area contributed by atoms with E-state index in [-0.39, 0.29) is 12.1 Å². The summed E-state index contributed by atoms with van der Waals surface area (Å²) in [6.45, 7) is 4.28. The second-order valence-electron chi connectivity index (χ2n) is 6.12. The van der Waals surface area contributed by atoms with E-state index < -0.39 is 0 Å². The van der Waals surface area contributed by atoms with Gasteiger partial charge in [0.15, 0.2) is 5.82 Å². The van der Waals surface area contributed by atoms with Gasteiger partial charge in [-0.05, 0) is 37.5 Å². The molecule has 0 spiro atoms. The highest BCUT2D eigenvalue weighted by Gasteiger charge is 2.21. The van der Waals surface area contributed by atoms with Crippen molar-refractivity contribution in [2.45, 2.75) is 32.4 Å². The molecule has 128 valence electrons. The van der Waals surface area contributed by atoms with Crippen molar-refractivity contribution >= 4 is 23.4 Å². The molecule has 2 amide bonds. The molecule has 7 heteroatoms. The number of carbonyl (C=O) groups is 1. The first kappa shape index (κ1) is 16.6. The summed E-state index contributed by atoms with van der Waals surface area (Å²) in [5, 5.41) is 13.9. The van der Waals surface area contributed by atoms with Crippen LogP contribution in [0.4, 0.5) is 10.6 Å². The fourth-order valence-electron chi connectivity index (χ4n) is 2.84. The van der Waals surface area contributed by atoms with Crippen LogP contribution in [-0.4, -0.2) is 35.4 Å². The lowest BCUT2D eigenvalue weighted by Gasteiger charge is -2.32. The first-order chi connectivity index (χ1) is 11.6. The Kier molecular flexibility index (Phi) is 5.25. The smallest absolute Gasteiger partial charge is 0.315 e. The molecule has 0 unspecified atom stereocenters. The van der Waals surface area contributed by atoms with E-state index in [4.69, 9.17) is 11.6 Å². The first-order valence-corrected chi connectivity index (χ1v) is 8.54. The van der Waals surface area contributed by atoms with Crippen molar-refractivity contribution in [3.05, 3.63) is 46.6 Å². The number of piperidine rings is 1. The molecular formula is C17H22ClN5O. The monoisotopic (exact) mass is 347 g/mol. The van der Waals surface area contributed by atoms with Gasteiger partial charge < -0.3 is 15.5 Å². The number of aryl methyl sites for hydroxylation is 1. The zero-order valence-electron chi connectivity index (χ0n) is 13.7. The van der Waals surface area contributed by atoms with Crippen molar-refractivity contribution in [2.75, 3.05) is 18.0 Å². The number of aromatic amines is 1. The van der Waals surface area contributed by atoms with Crippen LogP contribution in [-0.2, 0) is 6.54 Å². The lowest BCUT2D eigenvalue weighted by molar-refractivity contribution is 0.234. The lowest BCUT2D eigenvalue weighted by atomic mass is 10.1. The summed E-state index contributed by atoms with van der Waals surface area (Å²) in [6.07, 6.45) is 1.83. The maximum atomic E-state index is 12.0. The molecule has 1 aliphatic heterocycles. The van der Waals surface area contributed by atoms with Gasteiger partial charge in [0.25, 0.3) is 0 Å². The summed E-state index contributed by atoms with van der Waals surface area (Å²) in [4.78, 5) is 14.3. The van der Waals surface area contributed by atoms with Gasteiger partial charge in [-0.15, -0.1) is 0 Å². The van der Waals surface area contributed by atoms with Gasteiger partial charge in [-0.3, -0.25) is 5.10 Å². The number of urea groups is 1. The SMILES string of the molecule is Cc1cc(N2CCC(NC(=O)NCc3ccc(Cl)cc3)CC2)n[nH]1. The molecule has 1 aromatic carbocycles. The van der Waals surface area contributed by atoms with E-state index in [9.17, 15) is 4.79 Å². The molecule has 0 bridgehead atoms. The molecular weight excluding hydrogens is 326 g/mol. The first-order valence-electron chi connectivity index (χ1n) is 8.16. The van der Waals surface area contributed by atoms with Gasteiger partial charge in [0.2, 0.25) is 0 Å². The molecule has 1 saturated heterocycles. The Bertz CT molecular complexity index is 677. The fourth-order valence-corrected chi connectivity index (χ4v) is 2.97. The van der Waals surface area contributed by atoms with Crippen molar-refractivity contribution in [2.24, 2.45) is 0 Å². The Balaban J connectivity index is 1.40. The van der Waals surface area contributed by atoms with E-state index in [1.165, 1.54) is 0 Å². The minimum Gasteiger partial charge on any atom is -0.355 e. The van der Waals surface area contributed by atoms with Crippen LogP contribution in [0.3, 0.4) is 0 Å². The number of hydrogen-bond acceptors (Lipinski definition) is 3. The summed E-state index contributed by atoms with van der Waals surface area (Å²) in [7, 11) is 0. The highest BCUT2D eigenvalue weighted by molar-refractivity contribution is 6.30. The van der Waals surface area contributed by atoms with Crippen molar-refractivity contribution in [3.63, 3.8) is 0 Å². The molecule has 0 radical (unpaired) electrons. The van der Waals surface area contributed by atoms with E-state index >= 15 is 0 Å². The van der Waals surface area contributed by atoms with Gasteiger partial charge in [0.05, 0.1) is 0 Å². The number of amides is 2. The van der Waals surface area contributed by atoms with Gasteiger partial charge in [-0.25, -0.2) is 4.79 Å². The zero-order chi connectivity index (χ0) is 16.9. The zero-order valence-corrected chi connectivity index (χ0v) is 14.4. The van der Waals surface area contributed by atoms with Crippen LogP contribution in [0.25, 0.3) is 0 Å². The van der Waals surface area contributed by atoms with Crippen molar-refractivity contribution in [1.29, 1.82) is 0 Å². The van der Waals surface area contributed by atoms with Crippen LogP contribution in [0.2, 0.25) is 5.02 Å². The maximum Gasteiger partial charge on any atom is 0.315 e. The Hall–Kier alpha value is -2.21. The molecule has 0 aliphatic carbocycles. The maximum absolute atomic E-state index is 12.0. The fraction of sp³-hybridized carbons (Fsp3) is 0.412. The lowest BCUT2D eigenvalue weighted by Crippen LogP contribution is -2.47. The highest BCUT2D eigenvalue weighted by atomic mass is 35.5. The largest absolute Gasteiger partial charge is 0.355 e. The minimum atomic E-state index is -0.126. The number of benzene rings is 1. The Morgan fingerprint density at radius 1 is 1.33 bits per heavy atom. The topological polar surface area (TPSA) is 73.1 Å². The Labute approximate surface area is 146 Å². The molecule has 24 heavy (non-hydrogen) atoms. The number of hydrogen-bond donors (Lipinski definition) is 3. The molecule has 1 aromatic heterocycles. The third kappa shape index (κ3) is 4.41. The predicted octanol–water partition coefficient (Wildman–Crippen LogP) is 2.84. The number of aromatic nitrogens is 2. The number of rotatable bonds is 4. The summed E-state index contributed by atoms with van der Waals surface area (Å²) in [6, 6.07) is 9.59. The number of halogens is 1. The van der Waals surface area contributed by atoms with E-state index in [1.807, 2.05) is 37.3 Å². The predicted molar refractivity (Wildman–Crippen MR) is 95.4 cm³/mol. The van der Waals surface area contributed by atoms with Crippen LogP contribution in [0.1, 0.15) is 24.1 Å². The number of anilines is 1. The van der Waals surface area contributed by atoms with Crippen LogP contribution >= 0.6 is 11.6 Å². The third-order valence-corrected chi connectivity index (χ3v) is 4.46. The Morgan fingerprint density at radius 2 is 2.04 bits per heavy atom. The van der Waals surface area contributed by atoms with Crippen LogP contribution in [0, 0.1) is 6.92 Å². The average molecular weight is 348 g/mol. The number of nitrogens with one attached hydrogen (secondary N) is 3. The van der Waals surface area contributed by atoms with Gasteiger partial charge in [-0.1, -0.05) is 23.7 Å². The van der Waals surface area contributed by atoms with Crippen LogP contribution in [0.5, 0.6) is 0 Å². The van der Waals surface area contributed by atoms with E-state index in [1.54, 1.807) is 0 Å². The highest BCUT2D eigenvalue weighted by Crippen LogP contribution is 2.18. The molecule has 2 aromatic rings. The third-order valence-electron chi connectivity index (χ3n) is 4.21. The van der Waals surface area contributed by atoms with E-state index in [0.29, 0.717) is 11.6 Å². The number of H-pyrrole nitrogens is 1. The van der Waals surface area contributed by atoms with Crippen LogP contribution < -0.4 is 15.5 Å². The van der Waals surface area contributed by atoms with Gasteiger partial charge in [-0.2, -0.15) is 5.10 Å². The van der Waals surface area contributed by atoms with E-state index in [2.05, 4.69) is 25.7 Å². The summed E-state index contributed by atoms with van der Waals surface area (Å²) in [5.41, 5.74) is 2.09. The number of nitrogens with zero attached hydrogens (tertiary/aromatic N) is 2. The second-order valence-corrected chi connectivity index (χ2v) is 6.56. The van der Waals surface area contributed by atoms with Gasteiger partial charge in [0, 0.05) is 42.5 Å². The summed E-state index contributed by atoms with van der Waals surface area (Å²) in [5.74, 6) is 0.984. The van der Waals surface area contributed by atoms with E-state index in [0.717, 1.165) is 43.0 Å². The molecule has 3 N–H and O–H groups in total. The molecule has 1 aliphatic rings. The van der Waals surface area contributed by atoms with Crippen molar-refractivity contribution in [1.82, 2.24) is 20.8 Å². The van der Waals surface area contributed by atoms with Gasteiger partial charge in [0.1, 0.15) is 0 Å². The molecule has 1 fully saturated rings. The van der Waals surface area contributed by atoms with Crippen LogP contribution in [0.15, 0.2) is 30.3 Å². The van der Waals surface area contributed by atoms with Crippen molar-refractivity contribution < 1.29 is 4.79 Å². The normalized spacial score (nSPS) is 15.3. The van der Waals surface area contributed by atoms with Gasteiger partial charge >= 0.3 is 6.03 Å². The number of carbonyl (C=O) groups excluding carboxylic acids is 1. The molecule has 2 heterocycles. The molecule has 0 atom stereocenters. The van der Waals surface area contributed by atoms with Crippen molar-refractivity contribution in [3.8, 4) is 0 Å². The minimum absolute atomic E-state index is 0.126. The average Bonchev–Trinajstić information content (AvgIpc) is 3.01.